The highest BCUT2D eigenvalue weighted by molar-refractivity contribution is 7.15. The Bertz CT molecular complexity index is 1220. The largest absolute Gasteiger partial charge is 0.497 e. The molecule has 1 heterocycles. The van der Waals surface area contributed by atoms with E-state index < -0.39 is 5.91 Å². The molecule has 0 atom stereocenters. The summed E-state index contributed by atoms with van der Waals surface area (Å²) in [5.41, 5.74) is 0.533. The fourth-order valence-corrected chi connectivity index (χ4v) is 3.62. The first-order valence-electron chi connectivity index (χ1n) is 10.8. The Morgan fingerprint density at radius 2 is 1.74 bits per heavy atom. The van der Waals surface area contributed by atoms with Crippen molar-refractivity contribution < 1.29 is 23.7 Å². The molecule has 0 aliphatic rings. The maximum Gasteiger partial charge on any atom is 0.268 e. The molecule has 0 unspecified atom stereocenters. The van der Waals surface area contributed by atoms with Crippen LogP contribution in [0.15, 0.2) is 48.0 Å². The van der Waals surface area contributed by atoms with Gasteiger partial charge in [0.1, 0.15) is 41.4 Å². The summed E-state index contributed by atoms with van der Waals surface area (Å²) in [5.74, 6) is 2.08. The number of amides is 1. The lowest BCUT2D eigenvalue weighted by atomic mass is 10.1. The average molecular weight is 495 g/mol. The van der Waals surface area contributed by atoms with Crippen LogP contribution in [0.1, 0.15) is 30.3 Å². The molecule has 1 amide bonds. The molecule has 3 rings (SSSR count). The van der Waals surface area contributed by atoms with E-state index in [9.17, 15) is 10.1 Å². The Balaban J connectivity index is 1.60. The molecule has 10 heteroatoms. The summed E-state index contributed by atoms with van der Waals surface area (Å²) in [7, 11) is 3.12. The van der Waals surface area contributed by atoms with Gasteiger partial charge in [-0.05, 0) is 48.0 Å². The number of ether oxygens (including phenoxy) is 4. The molecule has 0 fully saturated rings. The number of carbonyl (C=O) groups excluding carboxylic acids is 1. The van der Waals surface area contributed by atoms with Gasteiger partial charge in [-0.2, -0.15) is 5.26 Å². The van der Waals surface area contributed by atoms with Crippen molar-refractivity contribution in [2.24, 2.45) is 0 Å². The van der Waals surface area contributed by atoms with Gasteiger partial charge in [0.2, 0.25) is 5.13 Å². The Kier molecular flexibility index (Phi) is 9.03. The van der Waals surface area contributed by atoms with E-state index in [-0.39, 0.29) is 11.5 Å². The van der Waals surface area contributed by atoms with Crippen LogP contribution in [0.4, 0.5) is 5.13 Å². The Morgan fingerprint density at radius 1 is 1.03 bits per heavy atom. The minimum Gasteiger partial charge on any atom is -0.497 e. The molecule has 1 aromatic heterocycles. The van der Waals surface area contributed by atoms with E-state index in [4.69, 9.17) is 18.9 Å². The minimum absolute atomic E-state index is 0.0742. The number of nitrogens with zero attached hydrogens (tertiary/aromatic N) is 3. The third-order valence-electron chi connectivity index (χ3n) is 4.69. The molecule has 0 aliphatic heterocycles. The Hall–Kier alpha value is -4.10. The molecule has 182 valence electrons. The number of hydrogen-bond acceptors (Lipinski definition) is 9. The first-order valence-corrected chi connectivity index (χ1v) is 11.6. The molecular formula is C25H26N4O5S. The summed E-state index contributed by atoms with van der Waals surface area (Å²) in [5, 5.41) is 21.2. The standard InChI is InChI=1S/C25H26N4O5S/c1-16(2)24-28-29-25(35-24)27-23(30)18(15-26)13-17-5-10-21(22(14-17)32-4)34-12-11-33-20-8-6-19(31-3)7-9-20/h5-10,13-14,16H,11-12H2,1-4H3,(H,27,29,30)/b18-13-. The van der Waals surface area contributed by atoms with Crippen molar-refractivity contribution in [1.29, 1.82) is 5.26 Å². The minimum atomic E-state index is -0.561. The number of nitrogens with one attached hydrogen (secondary N) is 1. The van der Waals surface area contributed by atoms with Gasteiger partial charge in [0, 0.05) is 5.92 Å². The lowest BCUT2D eigenvalue weighted by Gasteiger charge is -2.12. The molecule has 35 heavy (non-hydrogen) atoms. The second kappa shape index (κ2) is 12.4. The molecule has 0 aliphatic carbocycles. The molecule has 0 spiro atoms. The normalized spacial score (nSPS) is 11.0. The van der Waals surface area contributed by atoms with E-state index in [1.54, 1.807) is 25.3 Å². The van der Waals surface area contributed by atoms with Gasteiger partial charge < -0.3 is 18.9 Å². The van der Waals surface area contributed by atoms with Crippen LogP contribution in [0.3, 0.4) is 0 Å². The number of methoxy groups -OCH3 is 2. The number of carbonyl (C=O) groups is 1. The van der Waals surface area contributed by atoms with Gasteiger partial charge >= 0.3 is 0 Å². The number of benzene rings is 2. The zero-order valence-electron chi connectivity index (χ0n) is 19.9. The second-order valence-electron chi connectivity index (χ2n) is 7.51. The summed E-state index contributed by atoms with van der Waals surface area (Å²) < 4.78 is 22.0. The quantitative estimate of drug-likeness (QED) is 0.232. The summed E-state index contributed by atoms with van der Waals surface area (Å²) >= 11 is 1.28. The topological polar surface area (TPSA) is 116 Å². The van der Waals surface area contributed by atoms with Crippen LogP contribution in [0.25, 0.3) is 6.08 Å². The van der Waals surface area contributed by atoms with Crippen molar-refractivity contribution in [2.45, 2.75) is 19.8 Å². The van der Waals surface area contributed by atoms with E-state index >= 15 is 0 Å². The van der Waals surface area contributed by atoms with Gasteiger partial charge in [0.05, 0.1) is 14.2 Å². The molecule has 3 aromatic rings. The SMILES string of the molecule is COc1ccc(OCCOc2ccc(/C=C(/C#N)C(=O)Nc3nnc(C(C)C)s3)cc2OC)cc1. The van der Waals surface area contributed by atoms with Crippen LogP contribution in [-0.2, 0) is 4.79 Å². The average Bonchev–Trinajstić information content (AvgIpc) is 3.34. The van der Waals surface area contributed by atoms with Crippen molar-refractivity contribution >= 4 is 28.5 Å². The van der Waals surface area contributed by atoms with E-state index in [1.807, 2.05) is 44.2 Å². The van der Waals surface area contributed by atoms with Crippen LogP contribution in [0, 0.1) is 11.3 Å². The number of rotatable bonds is 11. The summed E-state index contributed by atoms with van der Waals surface area (Å²) in [6.07, 6.45) is 1.47. The van der Waals surface area contributed by atoms with Crippen LogP contribution < -0.4 is 24.3 Å². The summed E-state index contributed by atoms with van der Waals surface area (Å²) in [4.78, 5) is 12.5. The Labute approximate surface area is 207 Å². The number of anilines is 1. The highest BCUT2D eigenvalue weighted by Crippen LogP contribution is 2.29. The van der Waals surface area contributed by atoms with Gasteiger partial charge in [-0.25, -0.2) is 0 Å². The third-order valence-corrected chi connectivity index (χ3v) is 5.83. The second-order valence-corrected chi connectivity index (χ2v) is 8.52. The highest BCUT2D eigenvalue weighted by Gasteiger charge is 2.15. The van der Waals surface area contributed by atoms with Crippen LogP contribution in [-0.4, -0.2) is 43.5 Å². The van der Waals surface area contributed by atoms with Crippen molar-refractivity contribution in [3.8, 4) is 29.1 Å². The van der Waals surface area contributed by atoms with Crippen molar-refractivity contribution in [3.05, 3.63) is 58.6 Å². The monoisotopic (exact) mass is 494 g/mol. The van der Waals surface area contributed by atoms with Crippen LogP contribution in [0.2, 0.25) is 0 Å². The van der Waals surface area contributed by atoms with E-state index in [2.05, 4.69) is 15.5 Å². The van der Waals surface area contributed by atoms with E-state index in [0.717, 1.165) is 10.8 Å². The van der Waals surface area contributed by atoms with Crippen molar-refractivity contribution in [2.75, 3.05) is 32.8 Å². The maximum absolute atomic E-state index is 12.5. The summed E-state index contributed by atoms with van der Waals surface area (Å²) in [6.45, 7) is 4.60. The predicted octanol–water partition coefficient (Wildman–Crippen LogP) is 4.68. The fourth-order valence-electron chi connectivity index (χ4n) is 2.87. The lowest BCUT2D eigenvalue weighted by Crippen LogP contribution is -2.13. The van der Waals surface area contributed by atoms with Crippen LogP contribution >= 0.6 is 11.3 Å². The van der Waals surface area contributed by atoms with E-state index in [0.29, 0.717) is 41.2 Å². The van der Waals surface area contributed by atoms with Gasteiger partial charge in [0.15, 0.2) is 11.5 Å². The maximum atomic E-state index is 12.5. The molecule has 0 saturated carbocycles. The molecular weight excluding hydrogens is 468 g/mol. The van der Waals surface area contributed by atoms with Gasteiger partial charge in [-0.15, -0.1) is 10.2 Å². The molecule has 0 radical (unpaired) electrons. The van der Waals surface area contributed by atoms with E-state index in [1.165, 1.54) is 24.5 Å². The summed E-state index contributed by atoms with van der Waals surface area (Å²) in [6, 6.07) is 14.3. The molecule has 0 saturated heterocycles. The molecule has 0 bridgehead atoms. The zero-order chi connectivity index (χ0) is 25.2. The number of aromatic nitrogens is 2. The molecule has 9 nitrogen and oxygen atoms in total. The smallest absolute Gasteiger partial charge is 0.268 e. The van der Waals surface area contributed by atoms with Crippen molar-refractivity contribution in [1.82, 2.24) is 10.2 Å². The van der Waals surface area contributed by atoms with Gasteiger partial charge in [0.25, 0.3) is 5.91 Å². The molecule has 2 aromatic carbocycles. The number of hydrogen-bond donors (Lipinski definition) is 1. The van der Waals surface area contributed by atoms with Crippen molar-refractivity contribution in [3.63, 3.8) is 0 Å². The van der Waals surface area contributed by atoms with Gasteiger partial charge in [-0.1, -0.05) is 31.3 Å². The zero-order valence-corrected chi connectivity index (χ0v) is 20.7. The first kappa shape index (κ1) is 25.5. The predicted molar refractivity (Wildman–Crippen MR) is 133 cm³/mol. The number of nitriles is 1. The highest BCUT2D eigenvalue weighted by atomic mass is 32.1. The van der Waals surface area contributed by atoms with Crippen LogP contribution in [0.5, 0.6) is 23.0 Å². The van der Waals surface area contributed by atoms with Gasteiger partial charge in [-0.3, -0.25) is 10.1 Å². The third kappa shape index (κ3) is 7.19. The first-order chi connectivity index (χ1) is 16.9. The lowest BCUT2D eigenvalue weighted by molar-refractivity contribution is -0.112. The Morgan fingerprint density at radius 3 is 2.37 bits per heavy atom. The fraction of sp³-hybridized carbons (Fsp3) is 0.280. The molecule has 1 N–H and O–H groups in total.